The number of carbonyl (C=O) groups excluding carboxylic acids is 2. The summed E-state index contributed by atoms with van der Waals surface area (Å²) in [5.41, 5.74) is 6.64. The Kier molecular flexibility index (Phi) is 9.20. The lowest BCUT2D eigenvalue weighted by molar-refractivity contribution is -0.116. The number of thiophene rings is 1. The Labute approximate surface area is 158 Å². The molecule has 0 aliphatic rings. The molecule has 0 bridgehead atoms. The van der Waals surface area contributed by atoms with Crippen LogP contribution >= 0.6 is 23.7 Å². The average Bonchev–Trinajstić information content (AvgIpc) is 3.08. The van der Waals surface area contributed by atoms with Crippen molar-refractivity contribution >= 4 is 41.2 Å². The van der Waals surface area contributed by atoms with Crippen LogP contribution in [-0.2, 0) is 11.2 Å². The van der Waals surface area contributed by atoms with Crippen LogP contribution in [-0.4, -0.2) is 24.4 Å². The molecule has 2 rings (SSSR count). The number of nitrogens with one attached hydrogen (secondary N) is 2. The Bertz CT molecular complexity index is 677. The third-order valence-corrected chi connectivity index (χ3v) is 4.48. The maximum Gasteiger partial charge on any atom is 0.251 e. The normalized spacial score (nSPS) is 11.3. The Morgan fingerprint density at radius 3 is 2.72 bits per heavy atom. The van der Waals surface area contributed by atoms with Crippen molar-refractivity contribution in [2.75, 3.05) is 11.9 Å². The molecule has 4 N–H and O–H groups in total. The molecule has 0 fully saturated rings. The number of halogens is 1. The van der Waals surface area contributed by atoms with Gasteiger partial charge in [-0.3, -0.25) is 9.59 Å². The molecule has 5 nitrogen and oxygen atoms in total. The van der Waals surface area contributed by atoms with E-state index in [0.717, 1.165) is 12.8 Å². The number of hydrogen-bond donors (Lipinski definition) is 3. The fourth-order valence-corrected chi connectivity index (χ4v) is 2.96. The van der Waals surface area contributed by atoms with E-state index in [-0.39, 0.29) is 30.3 Å². The summed E-state index contributed by atoms with van der Waals surface area (Å²) in [6.45, 7) is 2.23. The lowest BCUT2D eigenvalue weighted by Crippen LogP contribution is -2.37. The van der Waals surface area contributed by atoms with Crippen LogP contribution in [0, 0.1) is 0 Å². The number of rotatable bonds is 8. The fraction of sp³-hybridized carbons (Fsp3) is 0.333. The van der Waals surface area contributed by atoms with E-state index >= 15 is 0 Å². The van der Waals surface area contributed by atoms with Crippen LogP contribution in [0.15, 0.2) is 41.8 Å². The van der Waals surface area contributed by atoms with E-state index in [1.807, 2.05) is 18.4 Å². The molecule has 25 heavy (non-hydrogen) atoms. The molecule has 0 aliphatic heterocycles. The summed E-state index contributed by atoms with van der Waals surface area (Å²) < 4.78 is 0. The van der Waals surface area contributed by atoms with E-state index in [1.165, 1.54) is 4.88 Å². The maximum atomic E-state index is 12.1. The number of anilines is 1. The average molecular weight is 382 g/mol. The van der Waals surface area contributed by atoms with E-state index in [1.54, 1.807) is 35.6 Å². The predicted octanol–water partition coefficient (Wildman–Crippen LogP) is 3.21. The predicted molar refractivity (Wildman–Crippen MR) is 106 cm³/mol. The smallest absolute Gasteiger partial charge is 0.251 e. The highest BCUT2D eigenvalue weighted by Crippen LogP contribution is 2.14. The Balaban J connectivity index is 0.00000312. The van der Waals surface area contributed by atoms with Gasteiger partial charge in [0.2, 0.25) is 5.91 Å². The zero-order valence-electron chi connectivity index (χ0n) is 14.2. The topological polar surface area (TPSA) is 84.2 Å². The number of benzene rings is 1. The highest BCUT2D eigenvalue weighted by molar-refractivity contribution is 7.09. The zero-order valence-corrected chi connectivity index (χ0v) is 15.8. The number of hydrogen-bond acceptors (Lipinski definition) is 4. The summed E-state index contributed by atoms with van der Waals surface area (Å²) in [5.74, 6) is -0.235. The zero-order chi connectivity index (χ0) is 17.4. The van der Waals surface area contributed by atoms with Gasteiger partial charge in [0.1, 0.15) is 0 Å². The van der Waals surface area contributed by atoms with E-state index in [4.69, 9.17) is 5.73 Å². The summed E-state index contributed by atoms with van der Waals surface area (Å²) in [4.78, 5) is 25.4. The van der Waals surface area contributed by atoms with Gasteiger partial charge < -0.3 is 16.4 Å². The Morgan fingerprint density at radius 2 is 2.04 bits per heavy atom. The molecule has 0 saturated heterocycles. The molecule has 2 amide bonds. The van der Waals surface area contributed by atoms with Crippen LogP contribution < -0.4 is 16.4 Å². The summed E-state index contributed by atoms with van der Waals surface area (Å²) in [7, 11) is 0. The van der Waals surface area contributed by atoms with Crippen molar-refractivity contribution in [2.45, 2.75) is 32.2 Å². The standard InChI is InChI=1S/C18H23N3O2S.ClH/c1-13(12-19)20-18(23)14-5-2-6-15(11-14)21-17(22)9-3-7-16-8-4-10-24-16;/h2,4-6,8,10-11,13H,3,7,9,12,19H2,1H3,(H,20,23)(H,21,22);1H/t13-;/m0./s1. The van der Waals surface area contributed by atoms with Crippen LogP contribution in [0.4, 0.5) is 5.69 Å². The van der Waals surface area contributed by atoms with Gasteiger partial charge in [0.25, 0.3) is 5.91 Å². The summed E-state index contributed by atoms with van der Waals surface area (Å²) in [6, 6.07) is 10.9. The molecule has 136 valence electrons. The molecule has 0 saturated carbocycles. The van der Waals surface area contributed by atoms with Gasteiger partial charge in [-0.25, -0.2) is 0 Å². The number of amides is 2. The molecular weight excluding hydrogens is 358 g/mol. The minimum absolute atomic E-state index is 0. The third kappa shape index (κ3) is 7.25. The molecule has 1 aromatic heterocycles. The van der Waals surface area contributed by atoms with Crippen LogP contribution in [0.3, 0.4) is 0 Å². The van der Waals surface area contributed by atoms with Gasteiger partial charge in [-0.05, 0) is 49.4 Å². The number of aryl methyl sites for hydroxylation is 1. The molecule has 0 unspecified atom stereocenters. The van der Waals surface area contributed by atoms with Crippen LogP contribution in [0.1, 0.15) is 35.0 Å². The van der Waals surface area contributed by atoms with Crippen molar-refractivity contribution in [1.29, 1.82) is 0 Å². The number of nitrogens with two attached hydrogens (primary N) is 1. The van der Waals surface area contributed by atoms with Crippen LogP contribution in [0.25, 0.3) is 0 Å². The van der Waals surface area contributed by atoms with Gasteiger partial charge in [-0.2, -0.15) is 0 Å². The van der Waals surface area contributed by atoms with Gasteiger partial charge >= 0.3 is 0 Å². The van der Waals surface area contributed by atoms with Crippen molar-refractivity contribution in [2.24, 2.45) is 5.73 Å². The minimum atomic E-state index is -0.193. The first kappa shape index (κ1) is 21.2. The first-order valence-corrected chi connectivity index (χ1v) is 8.89. The first-order valence-electron chi connectivity index (χ1n) is 8.01. The van der Waals surface area contributed by atoms with E-state index in [9.17, 15) is 9.59 Å². The van der Waals surface area contributed by atoms with Crippen molar-refractivity contribution in [3.05, 3.63) is 52.2 Å². The van der Waals surface area contributed by atoms with Gasteiger partial charge in [0.15, 0.2) is 0 Å². The first-order chi connectivity index (χ1) is 11.6. The number of carbonyl (C=O) groups is 2. The van der Waals surface area contributed by atoms with Gasteiger partial charge in [0, 0.05) is 35.1 Å². The highest BCUT2D eigenvalue weighted by atomic mass is 35.5. The second-order valence-corrected chi connectivity index (χ2v) is 6.70. The monoisotopic (exact) mass is 381 g/mol. The molecule has 2 aromatic rings. The second kappa shape index (κ2) is 10.9. The quantitative estimate of drug-likeness (QED) is 0.656. The van der Waals surface area contributed by atoms with Gasteiger partial charge in [0.05, 0.1) is 0 Å². The third-order valence-electron chi connectivity index (χ3n) is 3.55. The summed E-state index contributed by atoms with van der Waals surface area (Å²) in [5, 5.41) is 7.68. The van der Waals surface area contributed by atoms with E-state index < -0.39 is 0 Å². The van der Waals surface area contributed by atoms with Gasteiger partial charge in [-0.15, -0.1) is 23.7 Å². The van der Waals surface area contributed by atoms with Crippen molar-refractivity contribution < 1.29 is 9.59 Å². The molecule has 1 heterocycles. The van der Waals surface area contributed by atoms with Crippen molar-refractivity contribution in [3.8, 4) is 0 Å². The fourth-order valence-electron chi connectivity index (χ4n) is 2.21. The van der Waals surface area contributed by atoms with E-state index in [2.05, 4.69) is 16.7 Å². The second-order valence-electron chi connectivity index (χ2n) is 5.67. The summed E-state index contributed by atoms with van der Waals surface area (Å²) in [6.07, 6.45) is 2.17. The molecule has 7 heteroatoms. The van der Waals surface area contributed by atoms with Crippen molar-refractivity contribution in [3.63, 3.8) is 0 Å². The van der Waals surface area contributed by atoms with Crippen LogP contribution in [0.5, 0.6) is 0 Å². The highest BCUT2D eigenvalue weighted by Gasteiger charge is 2.10. The Hall–Kier alpha value is -1.89. The van der Waals surface area contributed by atoms with E-state index in [0.29, 0.717) is 24.2 Å². The maximum absolute atomic E-state index is 12.1. The largest absolute Gasteiger partial charge is 0.348 e. The molecular formula is C18H24ClN3O2S. The molecule has 0 aliphatic carbocycles. The van der Waals surface area contributed by atoms with Gasteiger partial charge in [-0.1, -0.05) is 12.1 Å². The van der Waals surface area contributed by atoms with Crippen molar-refractivity contribution in [1.82, 2.24) is 5.32 Å². The SMILES string of the molecule is C[C@@H](CN)NC(=O)c1cccc(NC(=O)CCCc2cccs2)c1.Cl. The summed E-state index contributed by atoms with van der Waals surface area (Å²) >= 11 is 1.71. The lowest BCUT2D eigenvalue weighted by atomic mass is 10.1. The van der Waals surface area contributed by atoms with Crippen LogP contribution in [0.2, 0.25) is 0 Å². The molecule has 0 spiro atoms. The molecule has 1 aromatic carbocycles. The Morgan fingerprint density at radius 1 is 1.24 bits per heavy atom. The molecule has 1 atom stereocenters. The minimum Gasteiger partial charge on any atom is -0.348 e. The molecule has 0 radical (unpaired) electrons. The lowest BCUT2D eigenvalue weighted by Gasteiger charge is -2.12.